The Labute approximate surface area is 259 Å². The van der Waals surface area contributed by atoms with Crippen LogP contribution >= 0.6 is 0 Å². The van der Waals surface area contributed by atoms with E-state index in [0.29, 0.717) is 38.3 Å². The molecule has 10 nitrogen and oxygen atoms in total. The van der Waals surface area contributed by atoms with E-state index in [1.54, 1.807) is 11.1 Å². The highest BCUT2D eigenvalue weighted by Crippen LogP contribution is 2.30. The number of allylic oxidation sites excluding steroid dienone is 4. The summed E-state index contributed by atoms with van der Waals surface area (Å²) in [5, 5.41) is 1.99. The summed E-state index contributed by atoms with van der Waals surface area (Å²) in [5.41, 5.74) is 9.30. The Morgan fingerprint density at radius 3 is 2.50 bits per heavy atom. The summed E-state index contributed by atoms with van der Waals surface area (Å²) in [4.78, 5) is 40.2. The summed E-state index contributed by atoms with van der Waals surface area (Å²) in [6, 6.07) is 11.4. The number of piperazine rings is 1. The van der Waals surface area contributed by atoms with E-state index in [4.69, 9.17) is 9.73 Å². The molecule has 5 rings (SSSR count). The third-order valence-corrected chi connectivity index (χ3v) is 7.78. The predicted octanol–water partition coefficient (Wildman–Crippen LogP) is 5.44. The standard InChI is InChI=1S/C34H41N7O3/c1-4-8-32-31(27-15-19-40(20-16-27)34(43)44-5-2)10-7-18-41(32)37-26(3)36-29-13-11-28(12-14-29)33(42)39-23-21-38(22-24-39)30-9-6-17-35-25-30/h6-15,17-18,25H,4-5,16,19-24H2,1-3H3,(H,36,37)/b32-8+. The van der Waals surface area contributed by atoms with Crippen LogP contribution in [0.4, 0.5) is 16.2 Å². The summed E-state index contributed by atoms with van der Waals surface area (Å²) in [6.07, 6.45) is 15.4. The second-order valence-corrected chi connectivity index (χ2v) is 10.8. The van der Waals surface area contributed by atoms with E-state index in [1.165, 1.54) is 5.57 Å². The fourth-order valence-electron chi connectivity index (χ4n) is 5.55. The minimum absolute atomic E-state index is 0.0377. The van der Waals surface area contributed by atoms with E-state index in [1.807, 2.05) is 72.6 Å². The zero-order valence-electron chi connectivity index (χ0n) is 25.8. The number of benzene rings is 1. The van der Waals surface area contributed by atoms with E-state index in [0.717, 1.165) is 54.4 Å². The predicted molar refractivity (Wildman–Crippen MR) is 173 cm³/mol. The van der Waals surface area contributed by atoms with Crippen LogP contribution in [0.5, 0.6) is 0 Å². The number of aliphatic imine (C=N–C) groups is 1. The number of amidine groups is 1. The molecule has 1 saturated heterocycles. The average molecular weight is 596 g/mol. The molecule has 1 aromatic carbocycles. The smallest absolute Gasteiger partial charge is 0.410 e. The molecule has 3 aliphatic rings. The van der Waals surface area contributed by atoms with Crippen LogP contribution in [0.1, 0.15) is 44.0 Å². The van der Waals surface area contributed by atoms with Crippen LogP contribution in [0.25, 0.3) is 0 Å². The number of hydrogen-bond acceptors (Lipinski definition) is 7. The molecule has 1 fully saturated rings. The lowest BCUT2D eigenvalue weighted by atomic mass is 9.94. The molecule has 0 aliphatic carbocycles. The highest BCUT2D eigenvalue weighted by atomic mass is 16.6. The molecule has 4 heterocycles. The Bertz CT molecular complexity index is 1470. The zero-order chi connectivity index (χ0) is 30.9. The number of rotatable bonds is 7. The van der Waals surface area contributed by atoms with Crippen molar-refractivity contribution in [2.24, 2.45) is 4.99 Å². The summed E-state index contributed by atoms with van der Waals surface area (Å²) in [6.45, 7) is 10.3. The third-order valence-electron chi connectivity index (χ3n) is 7.78. The maximum absolute atomic E-state index is 13.2. The highest BCUT2D eigenvalue weighted by molar-refractivity contribution is 5.95. The lowest BCUT2D eigenvalue weighted by molar-refractivity contribution is 0.0746. The SMILES string of the molecule is CC/C=C1\C(C2=CCN(C(=O)OCC)CC2)=CC=CN1NC(C)=Nc1ccc(C(=O)N2CCN(c3cccnc3)CC2)cc1. The second kappa shape index (κ2) is 14.5. The molecule has 3 aliphatic heterocycles. The molecule has 0 spiro atoms. The number of carbonyl (C=O) groups excluding carboxylic acids is 2. The summed E-state index contributed by atoms with van der Waals surface area (Å²) in [5.74, 6) is 0.755. The Kier molecular flexibility index (Phi) is 10.1. The Balaban J connectivity index is 1.19. The van der Waals surface area contributed by atoms with Gasteiger partial charge in [0.1, 0.15) is 5.84 Å². The van der Waals surface area contributed by atoms with E-state index < -0.39 is 0 Å². The lowest BCUT2D eigenvalue weighted by Gasteiger charge is -2.36. The summed E-state index contributed by atoms with van der Waals surface area (Å²) in [7, 11) is 0. The van der Waals surface area contributed by atoms with Crippen molar-refractivity contribution in [3.8, 4) is 0 Å². The van der Waals surface area contributed by atoms with Gasteiger partial charge in [-0.05, 0) is 74.7 Å². The number of carbonyl (C=O) groups is 2. The van der Waals surface area contributed by atoms with Crippen LogP contribution in [0.3, 0.4) is 0 Å². The van der Waals surface area contributed by atoms with Crippen LogP contribution in [0.15, 0.2) is 101 Å². The number of pyridine rings is 1. The van der Waals surface area contributed by atoms with Gasteiger partial charge in [0.15, 0.2) is 0 Å². The Morgan fingerprint density at radius 1 is 1.05 bits per heavy atom. The Hall–Kier alpha value is -4.86. The first kappa shape index (κ1) is 30.6. The van der Waals surface area contributed by atoms with E-state index in [9.17, 15) is 9.59 Å². The van der Waals surface area contributed by atoms with Crippen LogP contribution < -0.4 is 10.3 Å². The molecule has 230 valence electrons. The number of nitrogens with zero attached hydrogens (tertiary/aromatic N) is 6. The molecule has 10 heteroatoms. The largest absolute Gasteiger partial charge is 0.450 e. The summed E-state index contributed by atoms with van der Waals surface area (Å²) < 4.78 is 5.16. The van der Waals surface area contributed by atoms with Gasteiger partial charge in [-0.3, -0.25) is 20.2 Å². The summed E-state index contributed by atoms with van der Waals surface area (Å²) >= 11 is 0. The molecule has 2 amide bonds. The van der Waals surface area contributed by atoms with E-state index in [-0.39, 0.29) is 12.0 Å². The molecule has 2 aromatic rings. The van der Waals surface area contributed by atoms with Crippen molar-refractivity contribution in [2.75, 3.05) is 50.8 Å². The molecular weight excluding hydrogens is 554 g/mol. The minimum atomic E-state index is -0.267. The molecule has 1 N–H and O–H groups in total. The van der Waals surface area contributed by atoms with Crippen molar-refractivity contribution in [3.63, 3.8) is 0 Å². The number of aromatic nitrogens is 1. The fourth-order valence-corrected chi connectivity index (χ4v) is 5.55. The maximum atomic E-state index is 13.2. The van der Waals surface area contributed by atoms with Gasteiger partial charge in [-0.1, -0.05) is 25.2 Å². The van der Waals surface area contributed by atoms with Gasteiger partial charge in [-0.2, -0.15) is 0 Å². The molecule has 44 heavy (non-hydrogen) atoms. The Morgan fingerprint density at radius 2 is 1.84 bits per heavy atom. The molecule has 0 bridgehead atoms. The first-order valence-electron chi connectivity index (χ1n) is 15.3. The fraction of sp³-hybridized carbons (Fsp3) is 0.353. The third kappa shape index (κ3) is 7.37. The molecule has 0 saturated carbocycles. The lowest BCUT2D eigenvalue weighted by Crippen LogP contribution is -2.48. The quantitative estimate of drug-likeness (QED) is 0.337. The van der Waals surface area contributed by atoms with Crippen molar-refractivity contribution in [2.45, 2.75) is 33.6 Å². The van der Waals surface area contributed by atoms with Crippen LogP contribution in [0, 0.1) is 0 Å². The molecule has 0 radical (unpaired) electrons. The number of ether oxygens (including phenoxy) is 1. The van der Waals surface area contributed by atoms with Crippen molar-refractivity contribution >= 4 is 29.2 Å². The van der Waals surface area contributed by atoms with Crippen LogP contribution in [-0.4, -0.2) is 83.5 Å². The second-order valence-electron chi connectivity index (χ2n) is 10.8. The molecular formula is C34H41N7O3. The van der Waals surface area contributed by atoms with Crippen molar-refractivity contribution in [1.82, 2.24) is 25.2 Å². The van der Waals surface area contributed by atoms with Crippen molar-refractivity contribution in [3.05, 3.63) is 102 Å². The van der Waals surface area contributed by atoms with E-state index >= 15 is 0 Å². The van der Waals surface area contributed by atoms with Gasteiger partial charge in [-0.15, -0.1) is 0 Å². The monoisotopic (exact) mass is 595 g/mol. The zero-order valence-corrected chi connectivity index (χ0v) is 25.8. The first-order chi connectivity index (χ1) is 21.5. The highest BCUT2D eigenvalue weighted by Gasteiger charge is 2.25. The van der Waals surface area contributed by atoms with Crippen molar-refractivity contribution < 1.29 is 14.3 Å². The molecule has 0 unspecified atom stereocenters. The van der Waals surface area contributed by atoms with Gasteiger partial charge >= 0.3 is 6.09 Å². The topological polar surface area (TPSA) is 93.6 Å². The van der Waals surface area contributed by atoms with Gasteiger partial charge in [0.25, 0.3) is 5.91 Å². The minimum Gasteiger partial charge on any atom is -0.450 e. The maximum Gasteiger partial charge on any atom is 0.410 e. The molecule has 0 atom stereocenters. The van der Waals surface area contributed by atoms with Crippen LogP contribution in [0.2, 0.25) is 0 Å². The number of nitrogens with one attached hydrogen (secondary N) is 1. The van der Waals surface area contributed by atoms with Crippen molar-refractivity contribution in [1.29, 1.82) is 0 Å². The normalized spacial score (nSPS) is 18.2. The van der Waals surface area contributed by atoms with Gasteiger partial charge in [-0.25, -0.2) is 9.79 Å². The van der Waals surface area contributed by atoms with Gasteiger partial charge in [0.2, 0.25) is 0 Å². The number of hydrogen-bond donors (Lipinski definition) is 1. The van der Waals surface area contributed by atoms with Gasteiger partial charge in [0, 0.05) is 62.8 Å². The van der Waals surface area contributed by atoms with E-state index in [2.05, 4.69) is 46.5 Å². The average Bonchev–Trinajstić information content (AvgIpc) is 3.06. The number of amides is 2. The van der Waals surface area contributed by atoms with Crippen LogP contribution in [-0.2, 0) is 4.74 Å². The first-order valence-corrected chi connectivity index (χ1v) is 15.3. The van der Waals surface area contributed by atoms with Gasteiger partial charge < -0.3 is 19.4 Å². The molecule has 1 aromatic heterocycles. The van der Waals surface area contributed by atoms with Gasteiger partial charge in [0.05, 0.1) is 29.9 Å². The number of hydrazine groups is 1. The number of anilines is 1.